The lowest BCUT2D eigenvalue weighted by atomic mass is 10.2. The van der Waals surface area contributed by atoms with Gasteiger partial charge in [-0.2, -0.15) is 0 Å². The van der Waals surface area contributed by atoms with Crippen LogP contribution in [-0.4, -0.2) is 50.4 Å². The molecule has 2 amide bonds. The largest absolute Gasteiger partial charge is 0.376 e. The number of hydrogen-bond acceptors (Lipinski definition) is 8. The molecule has 34 heavy (non-hydrogen) atoms. The van der Waals surface area contributed by atoms with Crippen molar-refractivity contribution in [3.63, 3.8) is 0 Å². The molecule has 1 aliphatic rings. The molecule has 1 saturated heterocycles. The lowest BCUT2D eigenvalue weighted by Gasteiger charge is -2.23. The second-order valence-electron chi connectivity index (χ2n) is 7.99. The number of fused-ring (bicyclic) bond motifs is 1. The van der Waals surface area contributed by atoms with E-state index in [0.717, 1.165) is 29.1 Å². The molecule has 0 saturated carbocycles. The fourth-order valence-corrected chi connectivity index (χ4v) is 5.32. The summed E-state index contributed by atoms with van der Waals surface area (Å²) in [5, 5.41) is 6.29. The predicted octanol–water partition coefficient (Wildman–Crippen LogP) is 3.32. The van der Waals surface area contributed by atoms with Crippen LogP contribution in [0.3, 0.4) is 0 Å². The van der Waals surface area contributed by atoms with Crippen molar-refractivity contribution in [2.75, 3.05) is 18.1 Å². The van der Waals surface area contributed by atoms with Crippen molar-refractivity contribution in [1.82, 2.24) is 24.7 Å². The van der Waals surface area contributed by atoms with Crippen LogP contribution in [0.1, 0.15) is 39.5 Å². The van der Waals surface area contributed by atoms with E-state index in [1.54, 1.807) is 28.6 Å². The number of aromatic nitrogens is 4. The molecule has 0 bridgehead atoms. The molecule has 4 aromatic rings. The Bertz CT molecular complexity index is 1260. The van der Waals surface area contributed by atoms with Gasteiger partial charge >= 0.3 is 0 Å². The van der Waals surface area contributed by atoms with Crippen LogP contribution < -0.4 is 10.2 Å². The number of hydrogen-bond donors (Lipinski definition) is 1. The van der Waals surface area contributed by atoms with Crippen LogP contribution in [0.2, 0.25) is 0 Å². The first-order valence-corrected chi connectivity index (χ1v) is 12.8. The third-order valence-electron chi connectivity index (χ3n) is 5.60. The van der Waals surface area contributed by atoms with E-state index >= 15 is 0 Å². The third kappa shape index (κ3) is 5.32. The van der Waals surface area contributed by atoms with Gasteiger partial charge in [0.15, 0.2) is 5.13 Å². The number of carbonyl (C=O) groups excluding carboxylic acids is 2. The zero-order chi connectivity index (χ0) is 23.3. The molecule has 1 aliphatic heterocycles. The SMILES string of the molecule is O=C(NCc1ccc2nccn2c1)c1cnc(N(CC2CCCO2)C(=O)CCc2nccs2)s1. The second-order valence-corrected chi connectivity index (χ2v) is 9.97. The number of thiazole rings is 2. The Morgan fingerprint density at radius 1 is 1.24 bits per heavy atom. The average molecular weight is 497 g/mol. The number of imidazole rings is 1. The number of rotatable bonds is 9. The Morgan fingerprint density at radius 2 is 2.18 bits per heavy atom. The van der Waals surface area contributed by atoms with Gasteiger partial charge in [0.2, 0.25) is 5.91 Å². The minimum Gasteiger partial charge on any atom is -0.376 e. The first-order chi connectivity index (χ1) is 16.7. The van der Waals surface area contributed by atoms with Crippen molar-refractivity contribution in [2.24, 2.45) is 0 Å². The summed E-state index contributed by atoms with van der Waals surface area (Å²) < 4.78 is 7.67. The van der Waals surface area contributed by atoms with Crippen LogP contribution in [0.4, 0.5) is 5.13 Å². The fraction of sp³-hybridized carbons (Fsp3) is 0.348. The molecule has 5 rings (SSSR count). The smallest absolute Gasteiger partial charge is 0.263 e. The Hall–Kier alpha value is -3.15. The van der Waals surface area contributed by atoms with Gasteiger partial charge in [-0.15, -0.1) is 11.3 Å². The molecule has 0 spiro atoms. The summed E-state index contributed by atoms with van der Waals surface area (Å²) >= 11 is 2.76. The Morgan fingerprint density at radius 3 is 3.00 bits per heavy atom. The number of nitrogens with zero attached hydrogens (tertiary/aromatic N) is 5. The summed E-state index contributed by atoms with van der Waals surface area (Å²) in [4.78, 5) is 40.9. The van der Waals surface area contributed by atoms with Crippen molar-refractivity contribution < 1.29 is 14.3 Å². The van der Waals surface area contributed by atoms with E-state index < -0.39 is 0 Å². The Kier molecular flexibility index (Phi) is 6.93. The van der Waals surface area contributed by atoms with Crippen LogP contribution in [0.15, 0.2) is 48.5 Å². The van der Waals surface area contributed by atoms with E-state index in [9.17, 15) is 9.59 Å². The maximum atomic E-state index is 13.1. The molecular formula is C23H24N6O3S2. The van der Waals surface area contributed by atoms with Gasteiger partial charge in [-0.3, -0.25) is 14.5 Å². The van der Waals surface area contributed by atoms with Crippen LogP contribution in [0.5, 0.6) is 0 Å². The molecule has 1 atom stereocenters. The first-order valence-electron chi connectivity index (χ1n) is 11.1. The van der Waals surface area contributed by atoms with Gasteiger partial charge < -0.3 is 14.5 Å². The molecule has 1 fully saturated rings. The zero-order valence-electron chi connectivity index (χ0n) is 18.4. The number of ether oxygens (including phenoxy) is 1. The maximum absolute atomic E-state index is 13.1. The lowest BCUT2D eigenvalue weighted by Crippen LogP contribution is -2.37. The number of aryl methyl sites for hydroxylation is 1. The van der Waals surface area contributed by atoms with Gasteiger partial charge in [0.05, 0.1) is 23.9 Å². The van der Waals surface area contributed by atoms with E-state index in [0.29, 0.717) is 42.5 Å². The summed E-state index contributed by atoms with van der Waals surface area (Å²) in [6, 6.07) is 3.84. The van der Waals surface area contributed by atoms with Gasteiger partial charge in [-0.25, -0.2) is 15.0 Å². The van der Waals surface area contributed by atoms with Crippen molar-refractivity contribution >= 4 is 45.3 Å². The van der Waals surface area contributed by atoms with E-state index in [1.165, 1.54) is 17.5 Å². The average Bonchev–Trinajstić information content (AvgIpc) is 3.66. The van der Waals surface area contributed by atoms with E-state index in [2.05, 4.69) is 20.3 Å². The quantitative estimate of drug-likeness (QED) is 0.381. The van der Waals surface area contributed by atoms with E-state index in [1.807, 2.05) is 34.3 Å². The minimum atomic E-state index is -0.221. The molecule has 0 aromatic carbocycles. The number of nitrogens with one attached hydrogen (secondary N) is 1. The van der Waals surface area contributed by atoms with E-state index in [-0.39, 0.29) is 17.9 Å². The molecule has 9 nitrogen and oxygen atoms in total. The zero-order valence-corrected chi connectivity index (χ0v) is 20.1. The molecule has 11 heteroatoms. The summed E-state index contributed by atoms with van der Waals surface area (Å²) in [7, 11) is 0. The normalized spacial score (nSPS) is 15.6. The van der Waals surface area contributed by atoms with Crippen LogP contribution in [0.25, 0.3) is 5.65 Å². The minimum absolute atomic E-state index is 0.0110. The number of anilines is 1. The highest BCUT2D eigenvalue weighted by atomic mass is 32.1. The van der Waals surface area contributed by atoms with Gasteiger partial charge in [-0.1, -0.05) is 17.4 Å². The van der Waals surface area contributed by atoms with Crippen LogP contribution in [-0.2, 0) is 22.5 Å². The number of carbonyl (C=O) groups is 2. The fourth-order valence-electron chi connectivity index (χ4n) is 3.84. The van der Waals surface area contributed by atoms with Gasteiger partial charge in [0.1, 0.15) is 10.5 Å². The summed E-state index contributed by atoms with van der Waals surface area (Å²) in [5.74, 6) is -0.262. The number of pyridine rings is 1. The van der Waals surface area contributed by atoms with Crippen molar-refractivity contribution in [2.45, 2.75) is 38.3 Å². The summed E-state index contributed by atoms with van der Waals surface area (Å²) in [5.41, 5.74) is 1.81. The van der Waals surface area contributed by atoms with Gasteiger partial charge in [0, 0.05) is 56.2 Å². The van der Waals surface area contributed by atoms with Crippen molar-refractivity contribution in [3.05, 3.63) is 63.9 Å². The maximum Gasteiger partial charge on any atom is 0.263 e. The topological polar surface area (TPSA) is 102 Å². The third-order valence-corrected chi connectivity index (χ3v) is 7.46. The van der Waals surface area contributed by atoms with Gasteiger partial charge in [0.25, 0.3) is 5.91 Å². The molecule has 0 radical (unpaired) electrons. The van der Waals surface area contributed by atoms with E-state index in [4.69, 9.17) is 4.74 Å². The predicted molar refractivity (Wildman–Crippen MR) is 130 cm³/mol. The van der Waals surface area contributed by atoms with Crippen molar-refractivity contribution in [1.29, 1.82) is 0 Å². The molecule has 176 valence electrons. The highest BCUT2D eigenvalue weighted by molar-refractivity contribution is 7.17. The highest BCUT2D eigenvalue weighted by Gasteiger charge is 2.26. The molecule has 4 aromatic heterocycles. The monoisotopic (exact) mass is 496 g/mol. The Balaban J connectivity index is 1.25. The summed E-state index contributed by atoms with van der Waals surface area (Å²) in [6.45, 7) is 1.53. The second kappa shape index (κ2) is 10.4. The first kappa shape index (κ1) is 22.6. The van der Waals surface area contributed by atoms with Gasteiger partial charge in [-0.05, 0) is 24.5 Å². The Labute approximate surface area is 204 Å². The molecule has 1 unspecified atom stereocenters. The summed E-state index contributed by atoms with van der Waals surface area (Å²) in [6.07, 6.45) is 11.6. The number of amides is 2. The van der Waals surface area contributed by atoms with Crippen LogP contribution >= 0.6 is 22.7 Å². The molecule has 5 heterocycles. The molecular weight excluding hydrogens is 472 g/mol. The lowest BCUT2D eigenvalue weighted by molar-refractivity contribution is -0.119. The highest BCUT2D eigenvalue weighted by Crippen LogP contribution is 2.26. The molecule has 1 N–H and O–H groups in total. The standard InChI is InChI=1S/C23H24N6O3S2/c30-21(6-5-20-25-8-11-33-20)29(15-17-2-1-10-32-17)23-27-13-18(34-23)22(31)26-12-16-3-4-19-24-7-9-28(19)14-16/h3-4,7-9,11,13-14,17H,1-2,5-6,10,12,15H2,(H,26,31). The van der Waals surface area contributed by atoms with Crippen LogP contribution in [0, 0.1) is 0 Å². The molecule has 0 aliphatic carbocycles. The van der Waals surface area contributed by atoms with Crippen molar-refractivity contribution in [3.8, 4) is 0 Å².